The molecule has 1 aromatic rings. The minimum Gasteiger partial charge on any atom is -0.372 e. The van der Waals surface area contributed by atoms with Crippen molar-refractivity contribution in [2.45, 2.75) is 64.2 Å². The summed E-state index contributed by atoms with van der Waals surface area (Å²) in [5.74, 6) is 0. The van der Waals surface area contributed by atoms with E-state index in [1.807, 2.05) is 27.7 Å². The summed E-state index contributed by atoms with van der Waals surface area (Å²) in [5.41, 5.74) is 0.518. The van der Waals surface area contributed by atoms with E-state index in [4.69, 9.17) is 15.4 Å². The van der Waals surface area contributed by atoms with E-state index in [1.54, 1.807) is 4.68 Å². The lowest BCUT2D eigenvalue weighted by Crippen LogP contribution is -2.15. The van der Waals surface area contributed by atoms with Gasteiger partial charge in [-0.3, -0.25) is 4.68 Å². The van der Waals surface area contributed by atoms with E-state index in [-0.39, 0.29) is 23.6 Å². The van der Waals surface area contributed by atoms with Gasteiger partial charge in [0.05, 0.1) is 24.6 Å². The minimum atomic E-state index is -3.80. The lowest BCUT2D eigenvalue weighted by Gasteiger charge is -2.16. The van der Waals surface area contributed by atoms with E-state index in [2.05, 4.69) is 5.10 Å². The van der Waals surface area contributed by atoms with E-state index in [9.17, 15) is 8.42 Å². The molecular weight excluding hydrogens is 288 g/mol. The van der Waals surface area contributed by atoms with Gasteiger partial charge in [-0.05, 0) is 26.7 Å². The Morgan fingerprint density at radius 3 is 2.47 bits per heavy atom. The van der Waals surface area contributed by atoms with Crippen molar-refractivity contribution in [3.05, 3.63) is 11.9 Å². The number of rotatable bonds is 7. The molecule has 2 atom stereocenters. The number of halogens is 1. The Morgan fingerprint density at radius 1 is 1.37 bits per heavy atom. The number of aromatic nitrogens is 2. The van der Waals surface area contributed by atoms with Crippen molar-refractivity contribution in [3.63, 3.8) is 0 Å². The number of nitrogens with zero attached hydrogens (tertiary/aromatic N) is 2. The Balaban J connectivity index is 3.11. The smallest absolute Gasteiger partial charge is 0.264 e. The van der Waals surface area contributed by atoms with E-state index in [0.29, 0.717) is 5.69 Å². The highest BCUT2D eigenvalue weighted by Gasteiger charge is 2.23. The predicted molar refractivity (Wildman–Crippen MR) is 74.8 cm³/mol. The van der Waals surface area contributed by atoms with Gasteiger partial charge in [0.1, 0.15) is 4.90 Å². The molecule has 7 heteroatoms. The van der Waals surface area contributed by atoms with Gasteiger partial charge in [0.2, 0.25) is 0 Å². The van der Waals surface area contributed by atoms with E-state index < -0.39 is 9.05 Å². The first-order chi connectivity index (χ1) is 8.81. The fraction of sp³-hybridized carbons (Fsp3) is 0.750. The zero-order chi connectivity index (χ0) is 14.6. The average molecular weight is 309 g/mol. The summed E-state index contributed by atoms with van der Waals surface area (Å²) < 4.78 is 30.4. The second-order valence-electron chi connectivity index (χ2n) is 4.63. The van der Waals surface area contributed by atoms with Gasteiger partial charge in [-0.15, -0.1) is 0 Å². The van der Waals surface area contributed by atoms with Gasteiger partial charge in [0.15, 0.2) is 0 Å². The third-order valence-electron chi connectivity index (χ3n) is 3.21. The van der Waals surface area contributed by atoms with E-state index >= 15 is 0 Å². The molecule has 0 saturated carbocycles. The van der Waals surface area contributed by atoms with Crippen molar-refractivity contribution in [1.82, 2.24) is 9.78 Å². The molecule has 0 N–H and O–H groups in total. The average Bonchev–Trinajstić information content (AvgIpc) is 2.78. The molecule has 0 bridgehead atoms. The maximum atomic E-state index is 11.5. The maximum Gasteiger partial charge on any atom is 0.264 e. The molecule has 0 spiro atoms. The summed E-state index contributed by atoms with van der Waals surface area (Å²) in [5, 5.41) is 4.13. The van der Waals surface area contributed by atoms with Crippen molar-refractivity contribution >= 4 is 19.7 Å². The van der Waals surface area contributed by atoms with Crippen LogP contribution in [0.4, 0.5) is 0 Å². The molecule has 0 aliphatic heterocycles. The third kappa shape index (κ3) is 4.19. The summed E-state index contributed by atoms with van der Waals surface area (Å²) in [6.07, 6.45) is 3.07. The molecule has 0 aliphatic rings. The van der Waals surface area contributed by atoms with Crippen LogP contribution in [-0.4, -0.2) is 24.3 Å². The van der Waals surface area contributed by atoms with Crippen LogP contribution in [0.1, 0.15) is 52.3 Å². The molecule has 19 heavy (non-hydrogen) atoms. The van der Waals surface area contributed by atoms with Gasteiger partial charge in [0.25, 0.3) is 9.05 Å². The molecule has 0 radical (unpaired) electrons. The SMILES string of the molecule is CC[C@@H](C)OCc1c(S(=O)(=O)Cl)cnn1[C@H](C)CC. The Hall–Kier alpha value is -0.590. The number of hydrogen-bond donors (Lipinski definition) is 0. The molecule has 0 unspecified atom stereocenters. The van der Waals surface area contributed by atoms with Gasteiger partial charge in [-0.25, -0.2) is 8.42 Å². The predicted octanol–water partition coefficient (Wildman–Crippen LogP) is 3.10. The van der Waals surface area contributed by atoms with E-state index in [1.165, 1.54) is 6.20 Å². The molecule has 1 rings (SSSR count). The second kappa shape index (κ2) is 6.72. The summed E-state index contributed by atoms with van der Waals surface area (Å²) in [6, 6.07) is 0.0997. The Labute approximate surface area is 119 Å². The standard InChI is InChI=1S/C12H21ClN2O3S/c1-5-9(3)15-11(8-18-10(4)6-2)12(7-14-15)19(13,16)17/h7,9-10H,5-6,8H2,1-4H3/t9-,10-/m1/s1. The molecule has 1 aromatic heterocycles. The summed E-state index contributed by atoms with van der Waals surface area (Å²) in [7, 11) is 1.64. The molecular formula is C12H21ClN2O3S. The molecule has 0 fully saturated rings. The van der Waals surface area contributed by atoms with Crippen LogP contribution in [0.25, 0.3) is 0 Å². The second-order valence-corrected chi connectivity index (χ2v) is 7.16. The van der Waals surface area contributed by atoms with Crippen LogP contribution in [0.15, 0.2) is 11.1 Å². The van der Waals surface area contributed by atoms with Crippen molar-refractivity contribution in [1.29, 1.82) is 0 Å². The summed E-state index contributed by atoms with van der Waals surface area (Å²) >= 11 is 0. The minimum absolute atomic E-state index is 0.0396. The molecule has 110 valence electrons. The Bertz CT molecular complexity index is 513. The van der Waals surface area contributed by atoms with Crippen molar-refractivity contribution in [3.8, 4) is 0 Å². The highest BCUT2D eigenvalue weighted by atomic mass is 35.7. The van der Waals surface area contributed by atoms with Crippen molar-refractivity contribution in [2.24, 2.45) is 0 Å². The lowest BCUT2D eigenvalue weighted by atomic mass is 10.2. The summed E-state index contributed by atoms with van der Waals surface area (Å²) in [4.78, 5) is 0.0396. The van der Waals surface area contributed by atoms with Gasteiger partial charge >= 0.3 is 0 Å². The number of ether oxygens (including phenoxy) is 1. The normalized spacial score (nSPS) is 15.4. The summed E-state index contributed by atoms with van der Waals surface area (Å²) in [6.45, 7) is 8.14. The molecule has 0 amide bonds. The zero-order valence-corrected chi connectivity index (χ0v) is 13.3. The first kappa shape index (κ1) is 16.5. The largest absolute Gasteiger partial charge is 0.372 e. The Morgan fingerprint density at radius 2 is 2.00 bits per heavy atom. The van der Waals surface area contributed by atoms with Gasteiger partial charge in [-0.2, -0.15) is 5.10 Å². The van der Waals surface area contributed by atoms with Crippen LogP contribution in [0.5, 0.6) is 0 Å². The molecule has 0 aromatic carbocycles. The van der Waals surface area contributed by atoms with Crippen molar-refractivity contribution in [2.75, 3.05) is 0 Å². The highest BCUT2D eigenvalue weighted by molar-refractivity contribution is 8.13. The van der Waals surface area contributed by atoms with Crippen LogP contribution in [0, 0.1) is 0 Å². The van der Waals surface area contributed by atoms with Crippen LogP contribution in [0.3, 0.4) is 0 Å². The topological polar surface area (TPSA) is 61.2 Å². The maximum absolute atomic E-state index is 11.5. The fourth-order valence-electron chi connectivity index (χ4n) is 1.60. The quantitative estimate of drug-likeness (QED) is 0.726. The highest BCUT2D eigenvalue weighted by Crippen LogP contribution is 2.24. The monoisotopic (exact) mass is 308 g/mol. The first-order valence-electron chi connectivity index (χ1n) is 6.43. The van der Waals surface area contributed by atoms with Gasteiger partial charge < -0.3 is 4.74 Å². The van der Waals surface area contributed by atoms with Crippen LogP contribution in [-0.2, 0) is 20.4 Å². The molecule has 5 nitrogen and oxygen atoms in total. The lowest BCUT2D eigenvalue weighted by molar-refractivity contribution is 0.0446. The third-order valence-corrected chi connectivity index (χ3v) is 4.58. The van der Waals surface area contributed by atoms with Gasteiger partial charge in [0, 0.05) is 16.7 Å². The molecule has 1 heterocycles. The fourth-order valence-corrected chi connectivity index (χ4v) is 2.60. The Kier molecular flexibility index (Phi) is 5.82. The zero-order valence-electron chi connectivity index (χ0n) is 11.8. The van der Waals surface area contributed by atoms with Crippen LogP contribution >= 0.6 is 10.7 Å². The number of hydrogen-bond acceptors (Lipinski definition) is 4. The van der Waals surface area contributed by atoms with Gasteiger partial charge in [-0.1, -0.05) is 13.8 Å². The van der Waals surface area contributed by atoms with Crippen LogP contribution < -0.4 is 0 Å². The van der Waals surface area contributed by atoms with Crippen molar-refractivity contribution < 1.29 is 13.2 Å². The molecule has 0 saturated heterocycles. The first-order valence-corrected chi connectivity index (χ1v) is 8.74. The molecule has 0 aliphatic carbocycles. The van der Waals surface area contributed by atoms with Crippen LogP contribution in [0.2, 0.25) is 0 Å². The van der Waals surface area contributed by atoms with E-state index in [0.717, 1.165) is 12.8 Å².